The lowest BCUT2D eigenvalue weighted by Gasteiger charge is -2.14. The van der Waals surface area contributed by atoms with Crippen LogP contribution in [0.3, 0.4) is 0 Å². The molecule has 0 aromatic rings. The van der Waals surface area contributed by atoms with Crippen molar-refractivity contribution in [3.63, 3.8) is 0 Å². The molecule has 16 heavy (non-hydrogen) atoms. The summed E-state index contributed by atoms with van der Waals surface area (Å²) in [6, 6.07) is 0. The van der Waals surface area contributed by atoms with Crippen molar-refractivity contribution in [3.05, 3.63) is 36.5 Å². The Morgan fingerprint density at radius 2 is 2.19 bits per heavy atom. The number of dihydropyridines is 1. The number of nitrogens with zero attached hydrogens (tertiary/aromatic N) is 1. The Morgan fingerprint density at radius 1 is 1.44 bits per heavy atom. The van der Waals surface area contributed by atoms with E-state index in [0.29, 0.717) is 12.3 Å². The second-order valence-electron chi connectivity index (χ2n) is 4.36. The van der Waals surface area contributed by atoms with Gasteiger partial charge in [-0.05, 0) is 31.4 Å². The quantitative estimate of drug-likeness (QED) is 0.708. The molecule has 0 saturated carbocycles. The molecule has 0 aromatic heterocycles. The Bertz CT molecular complexity index is 324. The monoisotopic (exact) mass is 219 g/mol. The molecule has 2 heteroatoms. The highest BCUT2D eigenvalue weighted by atomic mass is 16.3. The van der Waals surface area contributed by atoms with E-state index in [1.54, 1.807) is 6.92 Å². The summed E-state index contributed by atoms with van der Waals surface area (Å²) in [6.07, 6.45) is 9.56. The molecule has 88 valence electrons. The summed E-state index contributed by atoms with van der Waals surface area (Å²) in [4.78, 5) is 4.54. The number of rotatable bonds is 5. The minimum Gasteiger partial charge on any atom is -0.393 e. The minimum absolute atomic E-state index is 0.272. The van der Waals surface area contributed by atoms with Gasteiger partial charge in [-0.25, -0.2) is 0 Å². The van der Waals surface area contributed by atoms with Gasteiger partial charge in [0.25, 0.3) is 0 Å². The van der Waals surface area contributed by atoms with E-state index in [0.717, 1.165) is 18.7 Å². The van der Waals surface area contributed by atoms with Crippen LogP contribution in [0, 0.1) is 5.92 Å². The zero-order valence-electron chi connectivity index (χ0n) is 10.2. The molecule has 2 nitrogen and oxygen atoms in total. The third-order valence-electron chi connectivity index (χ3n) is 2.66. The molecule has 0 aliphatic carbocycles. The number of allylic oxidation sites excluding steroid dienone is 2. The SMILES string of the molecule is C=CCC(C)C1=NC/C(=C\CC(C)O)C=C1. The lowest BCUT2D eigenvalue weighted by Crippen LogP contribution is -2.12. The Balaban J connectivity index is 2.52. The van der Waals surface area contributed by atoms with Gasteiger partial charge in [-0.2, -0.15) is 0 Å². The molecule has 0 bridgehead atoms. The highest BCUT2D eigenvalue weighted by Gasteiger charge is 2.09. The van der Waals surface area contributed by atoms with Gasteiger partial charge in [0.15, 0.2) is 0 Å². The van der Waals surface area contributed by atoms with Crippen LogP contribution in [-0.2, 0) is 0 Å². The zero-order valence-corrected chi connectivity index (χ0v) is 10.2. The van der Waals surface area contributed by atoms with Crippen molar-refractivity contribution in [1.29, 1.82) is 0 Å². The van der Waals surface area contributed by atoms with E-state index in [1.807, 2.05) is 6.08 Å². The molecule has 1 N–H and O–H groups in total. The highest BCUT2D eigenvalue weighted by molar-refractivity contribution is 5.98. The molecule has 0 saturated heterocycles. The van der Waals surface area contributed by atoms with Gasteiger partial charge in [0.05, 0.1) is 12.6 Å². The van der Waals surface area contributed by atoms with Crippen molar-refractivity contribution in [2.45, 2.75) is 32.8 Å². The number of hydrogen-bond donors (Lipinski definition) is 1. The second kappa shape index (κ2) is 6.44. The zero-order chi connectivity index (χ0) is 12.0. The molecule has 0 radical (unpaired) electrons. The molecule has 1 rings (SSSR count). The van der Waals surface area contributed by atoms with E-state index in [1.165, 1.54) is 5.57 Å². The van der Waals surface area contributed by atoms with Gasteiger partial charge >= 0.3 is 0 Å². The Morgan fingerprint density at radius 3 is 2.69 bits per heavy atom. The Kier molecular flexibility index (Phi) is 5.20. The van der Waals surface area contributed by atoms with Gasteiger partial charge in [-0.1, -0.05) is 25.2 Å². The van der Waals surface area contributed by atoms with Crippen LogP contribution < -0.4 is 0 Å². The average molecular weight is 219 g/mol. The minimum atomic E-state index is -0.272. The molecule has 1 heterocycles. The standard InChI is InChI=1S/C14H21NO/c1-4-5-11(2)14-9-8-13(10-15-14)7-6-12(3)16/h4,7-9,11-12,16H,1,5-6,10H2,2-3H3/b13-7-. The van der Waals surface area contributed by atoms with Crippen molar-refractivity contribution >= 4 is 5.71 Å². The number of aliphatic hydroxyl groups excluding tert-OH is 1. The van der Waals surface area contributed by atoms with Crippen molar-refractivity contribution in [3.8, 4) is 0 Å². The summed E-state index contributed by atoms with van der Waals surface area (Å²) in [5, 5.41) is 9.18. The van der Waals surface area contributed by atoms with Crippen LogP contribution in [0.1, 0.15) is 26.7 Å². The first-order valence-corrected chi connectivity index (χ1v) is 5.84. The third kappa shape index (κ3) is 4.15. The summed E-state index contributed by atoms with van der Waals surface area (Å²) in [7, 11) is 0. The van der Waals surface area contributed by atoms with Crippen LogP contribution in [0.15, 0.2) is 41.4 Å². The van der Waals surface area contributed by atoms with E-state index < -0.39 is 0 Å². The van der Waals surface area contributed by atoms with Crippen LogP contribution in [0.4, 0.5) is 0 Å². The number of aliphatic hydroxyl groups is 1. The molecular weight excluding hydrogens is 198 g/mol. The summed E-state index contributed by atoms with van der Waals surface area (Å²) in [6.45, 7) is 8.44. The fourth-order valence-corrected chi connectivity index (χ4v) is 1.63. The van der Waals surface area contributed by atoms with E-state index >= 15 is 0 Å². The first-order valence-electron chi connectivity index (χ1n) is 5.84. The van der Waals surface area contributed by atoms with Gasteiger partial charge in [0.2, 0.25) is 0 Å². The van der Waals surface area contributed by atoms with Crippen molar-refractivity contribution < 1.29 is 5.11 Å². The molecule has 2 atom stereocenters. The number of aliphatic imine (C=N–C) groups is 1. The van der Waals surface area contributed by atoms with Gasteiger partial charge in [-0.15, -0.1) is 6.58 Å². The van der Waals surface area contributed by atoms with Gasteiger partial charge in [0.1, 0.15) is 0 Å². The topological polar surface area (TPSA) is 32.6 Å². The highest BCUT2D eigenvalue weighted by Crippen LogP contribution is 2.14. The first-order chi connectivity index (χ1) is 7.63. The van der Waals surface area contributed by atoms with Crippen molar-refractivity contribution in [2.75, 3.05) is 6.54 Å². The van der Waals surface area contributed by atoms with E-state index in [9.17, 15) is 5.11 Å². The molecule has 1 aliphatic rings. The Hall–Kier alpha value is -1.15. The average Bonchev–Trinajstić information content (AvgIpc) is 2.27. The van der Waals surface area contributed by atoms with Crippen LogP contribution in [0.5, 0.6) is 0 Å². The first kappa shape index (κ1) is 12.9. The Labute approximate surface area is 98.1 Å². The summed E-state index contributed by atoms with van der Waals surface area (Å²) in [5.41, 5.74) is 2.34. The summed E-state index contributed by atoms with van der Waals surface area (Å²) in [5.74, 6) is 0.451. The van der Waals surface area contributed by atoms with Crippen molar-refractivity contribution in [1.82, 2.24) is 0 Å². The van der Waals surface area contributed by atoms with Crippen LogP contribution >= 0.6 is 0 Å². The number of hydrogen-bond acceptors (Lipinski definition) is 2. The van der Waals surface area contributed by atoms with Crippen molar-refractivity contribution in [2.24, 2.45) is 10.9 Å². The van der Waals surface area contributed by atoms with Gasteiger partial charge in [0, 0.05) is 11.6 Å². The largest absolute Gasteiger partial charge is 0.393 e. The predicted molar refractivity (Wildman–Crippen MR) is 69.8 cm³/mol. The van der Waals surface area contributed by atoms with Crippen LogP contribution in [0.25, 0.3) is 0 Å². The smallest absolute Gasteiger partial charge is 0.0640 e. The summed E-state index contributed by atoms with van der Waals surface area (Å²) < 4.78 is 0. The third-order valence-corrected chi connectivity index (χ3v) is 2.66. The molecule has 0 amide bonds. The fourth-order valence-electron chi connectivity index (χ4n) is 1.63. The maximum atomic E-state index is 9.18. The molecule has 1 aliphatic heterocycles. The molecular formula is C14H21NO. The summed E-state index contributed by atoms with van der Waals surface area (Å²) >= 11 is 0. The maximum Gasteiger partial charge on any atom is 0.0640 e. The van der Waals surface area contributed by atoms with E-state index in [2.05, 4.69) is 36.7 Å². The van der Waals surface area contributed by atoms with Crippen LogP contribution in [-0.4, -0.2) is 23.5 Å². The second-order valence-corrected chi connectivity index (χ2v) is 4.36. The molecule has 0 fully saturated rings. The molecule has 0 aromatic carbocycles. The van der Waals surface area contributed by atoms with E-state index in [-0.39, 0.29) is 6.10 Å². The van der Waals surface area contributed by atoms with Crippen LogP contribution in [0.2, 0.25) is 0 Å². The van der Waals surface area contributed by atoms with Gasteiger partial charge < -0.3 is 5.11 Å². The van der Waals surface area contributed by atoms with Gasteiger partial charge in [-0.3, -0.25) is 4.99 Å². The maximum absolute atomic E-state index is 9.18. The lowest BCUT2D eigenvalue weighted by atomic mass is 9.98. The lowest BCUT2D eigenvalue weighted by molar-refractivity contribution is 0.198. The molecule has 0 spiro atoms. The fraction of sp³-hybridized carbons (Fsp3) is 0.500. The predicted octanol–water partition coefficient (Wildman–Crippen LogP) is 2.91. The van der Waals surface area contributed by atoms with E-state index in [4.69, 9.17) is 0 Å². The normalized spacial score (nSPS) is 21.7. The molecule has 2 unspecified atom stereocenters.